The second kappa shape index (κ2) is 10.3. The third-order valence-corrected chi connectivity index (χ3v) is 8.26. The van der Waals surface area contributed by atoms with Gasteiger partial charge in [-0.1, -0.05) is 40.5 Å². The fourth-order valence-corrected chi connectivity index (χ4v) is 6.02. The number of hydrogen-bond acceptors (Lipinski definition) is 6. The number of hydrogen-bond donors (Lipinski definition) is 2. The molecule has 0 bridgehead atoms. The van der Waals surface area contributed by atoms with Crippen molar-refractivity contribution in [3.63, 3.8) is 0 Å². The third-order valence-electron chi connectivity index (χ3n) is 6.71. The van der Waals surface area contributed by atoms with E-state index in [1.165, 1.54) is 25.0 Å². The van der Waals surface area contributed by atoms with E-state index < -0.39 is 5.41 Å². The van der Waals surface area contributed by atoms with E-state index in [4.69, 9.17) is 27.7 Å². The van der Waals surface area contributed by atoms with Crippen LogP contribution in [0.5, 0.6) is 0 Å². The summed E-state index contributed by atoms with van der Waals surface area (Å²) in [6.45, 7) is 0. The van der Waals surface area contributed by atoms with E-state index in [-0.39, 0.29) is 18.1 Å². The summed E-state index contributed by atoms with van der Waals surface area (Å²) in [4.78, 5) is 18.4. The Morgan fingerprint density at radius 3 is 2.37 bits per heavy atom. The predicted molar refractivity (Wildman–Crippen MR) is 147 cm³/mol. The van der Waals surface area contributed by atoms with Crippen molar-refractivity contribution in [3.05, 3.63) is 93.5 Å². The van der Waals surface area contributed by atoms with Gasteiger partial charge in [-0.3, -0.25) is 9.52 Å². The van der Waals surface area contributed by atoms with E-state index in [9.17, 15) is 9.18 Å². The second-order valence-electron chi connectivity index (χ2n) is 9.69. The van der Waals surface area contributed by atoms with Gasteiger partial charge in [0.05, 0.1) is 11.8 Å². The molecule has 3 aromatic carbocycles. The van der Waals surface area contributed by atoms with Crippen LogP contribution in [0.15, 0.2) is 70.1 Å². The first kappa shape index (κ1) is 25.4. The maximum atomic E-state index is 13.3. The lowest BCUT2D eigenvalue weighted by Crippen LogP contribution is -2.16. The first-order chi connectivity index (χ1) is 18.4. The molecule has 2 aliphatic carbocycles. The third kappa shape index (κ3) is 5.45. The molecule has 10 heteroatoms. The highest BCUT2D eigenvalue weighted by molar-refractivity contribution is 7.97. The standard InChI is InChI=1S/C28H23Cl2FN4O2S/c29-22-14-20(32-24(36)13-16-1-9-21(10-2-16)38-35-19-7-8-19)15-23(30)25(22)28(11-12-28)27-33-26(37-34-27)17-3-5-18(31)6-4-17/h1-6,9-10,14-15,19,35H,7-8,11-13H2,(H,32,36). The number of carbonyl (C=O) groups is 1. The molecule has 1 heterocycles. The first-order valence-electron chi connectivity index (χ1n) is 12.3. The van der Waals surface area contributed by atoms with Crippen molar-refractivity contribution in [3.8, 4) is 11.5 Å². The minimum absolute atomic E-state index is 0.162. The lowest BCUT2D eigenvalue weighted by atomic mass is 9.94. The maximum absolute atomic E-state index is 13.3. The topological polar surface area (TPSA) is 80.0 Å². The normalized spacial score (nSPS) is 15.9. The van der Waals surface area contributed by atoms with E-state index in [0.717, 1.165) is 23.3 Å². The number of nitrogens with zero attached hydrogens (tertiary/aromatic N) is 2. The summed E-state index contributed by atoms with van der Waals surface area (Å²) in [5, 5.41) is 7.92. The summed E-state index contributed by atoms with van der Waals surface area (Å²) >= 11 is 15.0. The molecule has 194 valence electrons. The van der Waals surface area contributed by atoms with Crippen molar-refractivity contribution in [2.45, 2.75) is 48.5 Å². The highest BCUT2D eigenvalue weighted by atomic mass is 35.5. The van der Waals surface area contributed by atoms with Crippen LogP contribution < -0.4 is 10.0 Å². The number of nitrogens with one attached hydrogen (secondary N) is 2. The molecule has 4 aromatic rings. The molecule has 1 amide bonds. The van der Waals surface area contributed by atoms with Crippen molar-refractivity contribution in [1.29, 1.82) is 0 Å². The van der Waals surface area contributed by atoms with Gasteiger partial charge < -0.3 is 9.84 Å². The van der Waals surface area contributed by atoms with Crippen LogP contribution in [0.1, 0.15) is 42.6 Å². The molecule has 6 rings (SSSR count). The Kier molecular flexibility index (Phi) is 6.90. The van der Waals surface area contributed by atoms with Crippen molar-refractivity contribution in [1.82, 2.24) is 14.9 Å². The zero-order chi connectivity index (χ0) is 26.3. The molecular weight excluding hydrogens is 546 g/mol. The van der Waals surface area contributed by atoms with E-state index >= 15 is 0 Å². The molecule has 0 saturated heterocycles. The van der Waals surface area contributed by atoms with E-state index in [1.54, 1.807) is 36.2 Å². The van der Waals surface area contributed by atoms with Gasteiger partial charge in [0.25, 0.3) is 5.89 Å². The Balaban J connectivity index is 1.14. The van der Waals surface area contributed by atoms with Gasteiger partial charge in [0.1, 0.15) is 5.82 Å². The Labute approximate surface area is 233 Å². The van der Waals surface area contributed by atoms with Gasteiger partial charge in [-0.2, -0.15) is 4.98 Å². The fourth-order valence-electron chi connectivity index (χ4n) is 4.36. The number of carbonyl (C=O) groups excluding carboxylic acids is 1. The van der Waals surface area contributed by atoms with Gasteiger partial charge >= 0.3 is 0 Å². The molecular formula is C28H23Cl2FN4O2S. The van der Waals surface area contributed by atoms with Crippen LogP contribution in [0.25, 0.3) is 11.5 Å². The summed E-state index contributed by atoms with van der Waals surface area (Å²) in [7, 11) is 0. The molecule has 6 nitrogen and oxygen atoms in total. The summed E-state index contributed by atoms with van der Waals surface area (Å²) in [5.41, 5.74) is 2.20. The van der Waals surface area contributed by atoms with Crippen LogP contribution in [0.2, 0.25) is 10.0 Å². The van der Waals surface area contributed by atoms with Crippen molar-refractivity contribution in [2.75, 3.05) is 5.32 Å². The molecule has 0 radical (unpaired) electrons. The van der Waals surface area contributed by atoms with Gasteiger partial charge in [-0.15, -0.1) is 0 Å². The highest BCUT2D eigenvalue weighted by Crippen LogP contribution is 2.57. The Bertz CT molecular complexity index is 1460. The zero-order valence-corrected chi connectivity index (χ0v) is 22.5. The van der Waals surface area contributed by atoms with Crippen LogP contribution in [-0.4, -0.2) is 22.1 Å². The number of anilines is 1. The summed E-state index contributed by atoms with van der Waals surface area (Å²) in [6, 6.07) is 17.8. The second-order valence-corrected chi connectivity index (χ2v) is 11.4. The number of benzene rings is 3. The first-order valence-corrected chi connectivity index (χ1v) is 13.9. The van der Waals surface area contributed by atoms with E-state index in [1.807, 2.05) is 24.3 Å². The molecule has 2 saturated carbocycles. The minimum atomic E-state index is -0.563. The molecule has 0 unspecified atom stereocenters. The molecule has 2 aliphatic rings. The summed E-state index contributed by atoms with van der Waals surface area (Å²) in [6.07, 6.45) is 4.21. The Morgan fingerprint density at radius 2 is 1.74 bits per heavy atom. The van der Waals surface area contributed by atoms with Crippen LogP contribution in [0, 0.1) is 5.82 Å². The summed E-state index contributed by atoms with van der Waals surface area (Å²) < 4.78 is 22.1. The zero-order valence-electron chi connectivity index (χ0n) is 20.1. The number of amides is 1. The smallest absolute Gasteiger partial charge is 0.257 e. The molecule has 0 spiro atoms. The monoisotopic (exact) mass is 568 g/mol. The lowest BCUT2D eigenvalue weighted by molar-refractivity contribution is -0.115. The van der Waals surface area contributed by atoms with Crippen LogP contribution in [-0.2, 0) is 16.6 Å². The van der Waals surface area contributed by atoms with Crippen LogP contribution in [0.3, 0.4) is 0 Å². The van der Waals surface area contributed by atoms with Gasteiger partial charge in [-0.05, 0) is 91.7 Å². The fraction of sp³-hybridized carbons (Fsp3) is 0.250. The predicted octanol–water partition coefficient (Wildman–Crippen LogP) is 7.20. The van der Waals surface area contributed by atoms with E-state index in [2.05, 4.69) is 20.2 Å². The largest absolute Gasteiger partial charge is 0.334 e. The number of halogens is 3. The quantitative estimate of drug-likeness (QED) is 0.208. The minimum Gasteiger partial charge on any atom is -0.334 e. The Hall–Kier alpha value is -2.91. The highest BCUT2D eigenvalue weighted by Gasteiger charge is 2.52. The average molecular weight is 569 g/mol. The SMILES string of the molecule is O=C(Cc1ccc(SNC2CC2)cc1)Nc1cc(Cl)c(C2(c3noc(-c4ccc(F)cc4)n3)CC2)c(Cl)c1. The van der Waals surface area contributed by atoms with Gasteiger partial charge in [0.15, 0.2) is 5.82 Å². The van der Waals surface area contributed by atoms with Crippen molar-refractivity contribution >= 4 is 46.7 Å². The summed E-state index contributed by atoms with van der Waals surface area (Å²) in [5.74, 6) is 0.274. The van der Waals surface area contributed by atoms with Gasteiger partial charge in [0, 0.05) is 37.8 Å². The van der Waals surface area contributed by atoms with Crippen molar-refractivity contribution in [2.24, 2.45) is 0 Å². The molecule has 2 fully saturated rings. The van der Waals surface area contributed by atoms with E-state index in [0.29, 0.717) is 44.6 Å². The van der Waals surface area contributed by atoms with Gasteiger partial charge in [-0.25, -0.2) is 4.39 Å². The molecule has 0 atom stereocenters. The molecule has 1 aromatic heterocycles. The maximum Gasteiger partial charge on any atom is 0.257 e. The van der Waals surface area contributed by atoms with Crippen LogP contribution in [0.4, 0.5) is 10.1 Å². The molecule has 38 heavy (non-hydrogen) atoms. The van der Waals surface area contributed by atoms with Crippen molar-refractivity contribution < 1.29 is 13.7 Å². The lowest BCUT2D eigenvalue weighted by Gasteiger charge is -2.17. The molecule has 2 N–H and O–H groups in total. The molecule has 0 aliphatic heterocycles. The Morgan fingerprint density at radius 1 is 1.05 bits per heavy atom. The van der Waals surface area contributed by atoms with Gasteiger partial charge in [0.2, 0.25) is 5.91 Å². The van der Waals surface area contributed by atoms with Crippen LogP contribution >= 0.6 is 35.1 Å². The average Bonchev–Trinajstić information content (AvgIpc) is 3.82. The number of rotatable bonds is 9. The number of aromatic nitrogens is 2.